The molecule has 0 spiro atoms. The lowest BCUT2D eigenvalue weighted by Gasteiger charge is -2.05. The molecule has 2 rings (SSSR count). The topological polar surface area (TPSA) is 91.1 Å². The maximum Gasteiger partial charge on any atom is 0.268 e. The molecule has 1 aromatic carbocycles. The Hall–Kier alpha value is -1.86. The first kappa shape index (κ1) is 16.5. The molecule has 1 amide bonds. The second-order valence-electron chi connectivity index (χ2n) is 5.35. The first-order valence-electron chi connectivity index (χ1n) is 7.04. The molecular weight excluding hydrogens is 302 g/mol. The Bertz CT molecular complexity index is 822. The van der Waals surface area contributed by atoms with Crippen LogP contribution in [0.25, 0.3) is 10.9 Å². The van der Waals surface area contributed by atoms with Gasteiger partial charge in [0.15, 0.2) is 0 Å². The van der Waals surface area contributed by atoms with Gasteiger partial charge in [0, 0.05) is 17.4 Å². The summed E-state index contributed by atoms with van der Waals surface area (Å²) < 4.78 is 24.9. The van der Waals surface area contributed by atoms with Crippen molar-refractivity contribution in [3.05, 3.63) is 34.5 Å². The average molecular weight is 323 g/mol. The van der Waals surface area contributed by atoms with Crippen LogP contribution in [0, 0.1) is 20.8 Å². The number of H-pyrrole nitrogens is 1. The zero-order chi connectivity index (χ0) is 16.5. The highest BCUT2D eigenvalue weighted by atomic mass is 32.2. The molecule has 120 valence electrons. The Balaban J connectivity index is 2.24. The molecule has 0 atom stereocenters. The second-order valence-corrected chi connectivity index (χ2v) is 7.40. The Morgan fingerprint density at radius 2 is 1.82 bits per heavy atom. The van der Waals surface area contributed by atoms with E-state index in [2.05, 4.69) is 15.0 Å². The molecule has 3 N–H and O–H groups in total. The predicted octanol–water partition coefficient (Wildman–Crippen LogP) is 1.37. The van der Waals surface area contributed by atoms with Crippen LogP contribution < -0.4 is 10.0 Å². The summed E-state index contributed by atoms with van der Waals surface area (Å²) in [5.74, 6) is -0.439. The second kappa shape index (κ2) is 6.10. The highest BCUT2D eigenvalue weighted by molar-refractivity contribution is 7.89. The van der Waals surface area contributed by atoms with Crippen molar-refractivity contribution in [3.63, 3.8) is 0 Å². The third kappa shape index (κ3) is 3.15. The molecule has 0 unspecified atom stereocenters. The van der Waals surface area contributed by atoms with Gasteiger partial charge in [0.1, 0.15) is 5.69 Å². The number of fused-ring (bicyclic) bond motifs is 1. The molecule has 0 bridgehead atoms. The van der Waals surface area contributed by atoms with Crippen LogP contribution in [-0.2, 0) is 10.0 Å². The van der Waals surface area contributed by atoms with E-state index in [-0.39, 0.29) is 18.2 Å². The van der Waals surface area contributed by atoms with Gasteiger partial charge in [-0.1, -0.05) is 12.1 Å². The third-order valence-electron chi connectivity index (χ3n) is 3.82. The minimum atomic E-state index is -3.32. The standard InChI is InChI=1S/C15H21N3O3S/c1-9-5-6-10(2)13-12(9)11(3)14(18-13)15(19)17-7-8-22(20,21)16-4/h5-6,16,18H,7-8H2,1-4H3,(H,17,19). The molecule has 0 saturated carbocycles. The Morgan fingerprint density at radius 1 is 1.18 bits per heavy atom. The number of aromatic nitrogens is 1. The van der Waals surface area contributed by atoms with E-state index in [9.17, 15) is 13.2 Å². The van der Waals surface area contributed by atoms with Crippen LogP contribution in [0.15, 0.2) is 12.1 Å². The fourth-order valence-electron chi connectivity index (χ4n) is 2.52. The summed E-state index contributed by atoms with van der Waals surface area (Å²) in [7, 11) is -1.97. The molecule has 0 saturated heterocycles. The summed E-state index contributed by atoms with van der Waals surface area (Å²) in [5.41, 5.74) is 4.48. The fourth-order valence-corrected chi connectivity index (χ4v) is 3.09. The van der Waals surface area contributed by atoms with Crippen molar-refractivity contribution in [1.82, 2.24) is 15.0 Å². The third-order valence-corrected chi connectivity index (χ3v) is 5.18. The average Bonchev–Trinajstić information content (AvgIpc) is 2.82. The molecule has 1 heterocycles. The number of aromatic amines is 1. The number of hydrogen-bond acceptors (Lipinski definition) is 3. The van der Waals surface area contributed by atoms with Crippen molar-refractivity contribution in [2.75, 3.05) is 19.3 Å². The largest absolute Gasteiger partial charge is 0.350 e. The molecule has 6 nitrogen and oxygen atoms in total. The van der Waals surface area contributed by atoms with E-state index >= 15 is 0 Å². The van der Waals surface area contributed by atoms with E-state index in [1.54, 1.807) is 0 Å². The number of carbonyl (C=O) groups is 1. The number of hydrogen-bond donors (Lipinski definition) is 3. The minimum Gasteiger partial charge on any atom is -0.350 e. The smallest absolute Gasteiger partial charge is 0.268 e. The lowest BCUT2D eigenvalue weighted by atomic mass is 10.0. The van der Waals surface area contributed by atoms with E-state index in [1.165, 1.54) is 7.05 Å². The van der Waals surface area contributed by atoms with Crippen molar-refractivity contribution in [1.29, 1.82) is 0 Å². The number of carbonyl (C=O) groups excluding carboxylic acids is 1. The lowest BCUT2D eigenvalue weighted by Crippen LogP contribution is -2.33. The number of aryl methyl sites for hydroxylation is 3. The summed E-state index contributed by atoms with van der Waals surface area (Å²) >= 11 is 0. The van der Waals surface area contributed by atoms with Gasteiger partial charge in [-0.2, -0.15) is 0 Å². The van der Waals surface area contributed by atoms with Crippen LogP contribution in [0.1, 0.15) is 27.2 Å². The molecule has 22 heavy (non-hydrogen) atoms. The fraction of sp³-hybridized carbons (Fsp3) is 0.400. The molecule has 2 aromatic rings. The van der Waals surface area contributed by atoms with E-state index in [0.717, 1.165) is 27.6 Å². The van der Waals surface area contributed by atoms with Gasteiger partial charge in [-0.25, -0.2) is 13.1 Å². The zero-order valence-corrected chi connectivity index (χ0v) is 14.0. The molecule has 0 aliphatic carbocycles. The molecule has 1 aromatic heterocycles. The number of benzene rings is 1. The summed E-state index contributed by atoms with van der Waals surface area (Å²) in [6.07, 6.45) is 0. The predicted molar refractivity (Wildman–Crippen MR) is 87.7 cm³/mol. The molecule has 0 aliphatic rings. The maximum atomic E-state index is 12.3. The first-order chi connectivity index (χ1) is 10.3. The monoisotopic (exact) mass is 323 g/mol. The summed E-state index contributed by atoms with van der Waals surface area (Å²) in [5, 5.41) is 3.69. The van der Waals surface area contributed by atoms with Crippen molar-refractivity contribution < 1.29 is 13.2 Å². The molecule has 0 fully saturated rings. The van der Waals surface area contributed by atoms with Crippen LogP contribution in [0.3, 0.4) is 0 Å². The zero-order valence-electron chi connectivity index (χ0n) is 13.2. The van der Waals surface area contributed by atoms with E-state index in [1.807, 2.05) is 32.9 Å². The van der Waals surface area contributed by atoms with Gasteiger partial charge in [0.2, 0.25) is 10.0 Å². The summed E-state index contributed by atoms with van der Waals surface area (Å²) in [6.45, 7) is 5.95. The van der Waals surface area contributed by atoms with Crippen LogP contribution in [-0.4, -0.2) is 38.7 Å². The van der Waals surface area contributed by atoms with Gasteiger partial charge in [0.25, 0.3) is 5.91 Å². The van der Waals surface area contributed by atoms with Crippen LogP contribution in [0.2, 0.25) is 0 Å². The van der Waals surface area contributed by atoms with Gasteiger partial charge in [-0.05, 0) is 44.5 Å². The SMILES string of the molecule is CNS(=O)(=O)CCNC(=O)c1[nH]c2c(C)ccc(C)c2c1C. The van der Waals surface area contributed by atoms with Crippen LogP contribution in [0.5, 0.6) is 0 Å². The van der Waals surface area contributed by atoms with Crippen molar-refractivity contribution in [2.24, 2.45) is 0 Å². The highest BCUT2D eigenvalue weighted by Gasteiger charge is 2.17. The lowest BCUT2D eigenvalue weighted by molar-refractivity contribution is 0.0951. The normalized spacial score (nSPS) is 11.8. The molecule has 0 aliphatic heterocycles. The molecule has 7 heteroatoms. The summed E-state index contributed by atoms with van der Waals surface area (Å²) in [4.78, 5) is 15.4. The minimum absolute atomic E-state index is 0.0643. The van der Waals surface area contributed by atoms with E-state index in [4.69, 9.17) is 0 Å². The van der Waals surface area contributed by atoms with Crippen molar-refractivity contribution >= 4 is 26.8 Å². The van der Waals surface area contributed by atoms with Crippen molar-refractivity contribution in [3.8, 4) is 0 Å². The maximum absolute atomic E-state index is 12.3. The Morgan fingerprint density at radius 3 is 2.41 bits per heavy atom. The Labute approximate surface area is 130 Å². The summed E-state index contributed by atoms with van der Waals surface area (Å²) in [6, 6.07) is 4.04. The first-order valence-corrected chi connectivity index (χ1v) is 8.70. The van der Waals surface area contributed by atoms with Crippen molar-refractivity contribution in [2.45, 2.75) is 20.8 Å². The number of nitrogens with one attached hydrogen (secondary N) is 3. The Kier molecular flexibility index (Phi) is 4.58. The quantitative estimate of drug-likeness (QED) is 0.776. The van der Waals surface area contributed by atoms with Gasteiger partial charge in [-0.15, -0.1) is 0 Å². The number of sulfonamides is 1. The van der Waals surface area contributed by atoms with Crippen LogP contribution in [0.4, 0.5) is 0 Å². The molecule has 0 radical (unpaired) electrons. The molecular formula is C15H21N3O3S. The van der Waals surface area contributed by atoms with Gasteiger partial charge < -0.3 is 10.3 Å². The van der Waals surface area contributed by atoms with Crippen LogP contribution >= 0.6 is 0 Å². The van der Waals surface area contributed by atoms with Gasteiger partial charge in [-0.3, -0.25) is 4.79 Å². The number of amides is 1. The van der Waals surface area contributed by atoms with Gasteiger partial charge >= 0.3 is 0 Å². The van der Waals surface area contributed by atoms with E-state index in [0.29, 0.717) is 5.69 Å². The van der Waals surface area contributed by atoms with E-state index < -0.39 is 10.0 Å². The highest BCUT2D eigenvalue weighted by Crippen LogP contribution is 2.27. The number of rotatable bonds is 5. The van der Waals surface area contributed by atoms with Gasteiger partial charge in [0.05, 0.1) is 5.75 Å².